The molecule has 1 amide bonds. The largest absolute Gasteiger partial charge is 0.339 e. The van der Waals surface area contributed by atoms with Gasteiger partial charge in [-0.25, -0.2) is 0 Å². The summed E-state index contributed by atoms with van der Waals surface area (Å²) in [5, 5.41) is 3.41. The van der Waals surface area contributed by atoms with Crippen molar-refractivity contribution in [3.63, 3.8) is 0 Å². The van der Waals surface area contributed by atoms with Crippen molar-refractivity contribution < 1.29 is 4.79 Å². The zero-order valence-electron chi connectivity index (χ0n) is 12.9. The molecule has 1 fully saturated rings. The number of fused-ring (bicyclic) bond motifs is 1. The molecule has 1 N–H and O–H groups in total. The topological polar surface area (TPSA) is 32.3 Å². The van der Waals surface area contributed by atoms with Gasteiger partial charge in [-0.3, -0.25) is 4.79 Å². The molecule has 1 saturated heterocycles. The maximum atomic E-state index is 13.1. The zero-order valence-corrected chi connectivity index (χ0v) is 13.7. The van der Waals surface area contributed by atoms with Gasteiger partial charge < -0.3 is 10.2 Å². The highest BCUT2D eigenvalue weighted by molar-refractivity contribution is 5.88. The Morgan fingerprint density at radius 1 is 1.38 bits per heavy atom. The standard InChI is InChI=1S/C17H24N2O.ClH/c1-13-12-19(11-10-18-13)16(20)17(2)9-5-7-14-6-3-4-8-15(14)17;/h3-4,6,8,13,18H,5,7,9-12H2,1-2H3;1H. The van der Waals surface area contributed by atoms with E-state index in [0.29, 0.717) is 11.9 Å². The van der Waals surface area contributed by atoms with Crippen LogP contribution in [0.3, 0.4) is 0 Å². The number of nitrogens with zero attached hydrogens (tertiary/aromatic N) is 1. The summed E-state index contributed by atoms with van der Waals surface area (Å²) in [6.45, 7) is 6.86. The van der Waals surface area contributed by atoms with E-state index in [1.54, 1.807) is 0 Å². The fourth-order valence-electron chi connectivity index (χ4n) is 3.73. The molecule has 1 aliphatic heterocycles. The van der Waals surface area contributed by atoms with Crippen molar-refractivity contribution in [1.29, 1.82) is 0 Å². The summed E-state index contributed by atoms with van der Waals surface area (Å²) in [5.41, 5.74) is 2.28. The third-order valence-electron chi connectivity index (χ3n) is 4.86. The predicted molar refractivity (Wildman–Crippen MR) is 88.0 cm³/mol. The minimum Gasteiger partial charge on any atom is -0.339 e. The number of carbonyl (C=O) groups is 1. The van der Waals surface area contributed by atoms with Crippen LogP contribution in [0.25, 0.3) is 0 Å². The van der Waals surface area contributed by atoms with Crippen LogP contribution in [-0.2, 0) is 16.6 Å². The van der Waals surface area contributed by atoms with Gasteiger partial charge in [0.15, 0.2) is 0 Å². The van der Waals surface area contributed by atoms with Crippen LogP contribution in [0.5, 0.6) is 0 Å². The molecule has 0 bridgehead atoms. The fraction of sp³-hybridized carbons (Fsp3) is 0.588. The van der Waals surface area contributed by atoms with E-state index in [-0.39, 0.29) is 17.8 Å². The van der Waals surface area contributed by atoms with Gasteiger partial charge in [-0.05, 0) is 44.2 Å². The van der Waals surface area contributed by atoms with Crippen molar-refractivity contribution in [1.82, 2.24) is 10.2 Å². The van der Waals surface area contributed by atoms with E-state index < -0.39 is 0 Å². The molecule has 1 aromatic carbocycles. The number of carbonyl (C=O) groups excluding carboxylic acids is 1. The molecule has 0 saturated carbocycles. The quantitative estimate of drug-likeness (QED) is 0.864. The van der Waals surface area contributed by atoms with E-state index >= 15 is 0 Å². The average Bonchev–Trinajstić information content (AvgIpc) is 2.47. The minimum atomic E-state index is -0.327. The second kappa shape index (κ2) is 6.37. The van der Waals surface area contributed by atoms with Crippen LogP contribution in [0.2, 0.25) is 0 Å². The predicted octanol–water partition coefficient (Wildman–Crippen LogP) is 2.52. The van der Waals surface area contributed by atoms with Crippen molar-refractivity contribution in [2.45, 2.75) is 44.6 Å². The number of rotatable bonds is 1. The summed E-state index contributed by atoms with van der Waals surface area (Å²) in [4.78, 5) is 15.1. The molecule has 21 heavy (non-hydrogen) atoms. The summed E-state index contributed by atoms with van der Waals surface area (Å²) in [6.07, 6.45) is 3.19. The van der Waals surface area contributed by atoms with Crippen LogP contribution < -0.4 is 5.32 Å². The van der Waals surface area contributed by atoms with Gasteiger partial charge in [-0.1, -0.05) is 24.3 Å². The average molecular weight is 309 g/mol. The van der Waals surface area contributed by atoms with Gasteiger partial charge in [-0.2, -0.15) is 0 Å². The fourth-order valence-corrected chi connectivity index (χ4v) is 3.73. The summed E-state index contributed by atoms with van der Waals surface area (Å²) >= 11 is 0. The number of hydrogen-bond acceptors (Lipinski definition) is 2. The number of benzene rings is 1. The van der Waals surface area contributed by atoms with Crippen molar-refractivity contribution in [2.24, 2.45) is 0 Å². The van der Waals surface area contributed by atoms with Gasteiger partial charge in [0.2, 0.25) is 5.91 Å². The Labute approximate surface area is 133 Å². The lowest BCUT2D eigenvalue weighted by molar-refractivity contribution is -0.138. The molecular weight excluding hydrogens is 284 g/mol. The zero-order chi connectivity index (χ0) is 14.2. The van der Waals surface area contributed by atoms with Crippen molar-refractivity contribution >= 4 is 18.3 Å². The molecule has 1 aliphatic carbocycles. The van der Waals surface area contributed by atoms with Crippen molar-refractivity contribution in [3.05, 3.63) is 35.4 Å². The van der Waals surface area contributed by atoms with Gasteiger partial charge in [0.25, 0.3) is 0 Å². The molecule has 2 unspecified atom stereocenters. The first-order valence-corrected chi connectivity index (χ1v) is 7.72. The summed E-state index contributed by atoms with van der Waals surface area (Å²) in [7, 11) is 0. The van der Waals surface area contributed by atoms with Gasteiger partial charge >= 0.3 is 0 Å². The second-order valence-corrected chi connectivity index (χ2v) is 6.45. The summed E-state index contributed by atoms with van der Waals surface area (Å²) < 4.78 is 0. The molecule has 2 aliphatic rings. The Bertz CT molecular complexity index is 519. The van der Waals surface area contributed by atoms with Crippen LogP contribution in [0.4, 0.5) is 0 Å². The van der Waals surface area contributed by atoms with E-state index in [9.17, 15) is 4.79 Å². The molecule has 0 aromatic heterocycles. The maximum Gasteiger partial charge on any atom is 0.233 e. The molecule has 0 spiro atoms. The third-order valence-corrected chi connectivity index (χ3v) is 4.86. The smallest absolute Gasteiger partial charge is 0.233 e. The van der Waals surface area contributed by atoms with Crippen LogP contribution in [-0.4, -0.2) is 36.5 Å². The lowest BCUT2D eigenvalue weighted by Gasteiger charge is -2.41. The van der Waals surface area contributed by atoms with E-state index in [1.807, 2.05) is 0 Å². The van der Waals surface area contributed by atoms with Crippen molar-refractivity contribution in [2.75, 3.05) is 19.6 Å². The summed E-state index contributed by atoms with van der Waals surface area (Å²) in [5.74, 6) is 0.318. The highest BCUT2D eigenvalue weighted by Gasteiger charge is 2.41. The lowest BCUT2D eigenvalue weighted by Crippen LogP contribution is -2.56. The SMILES string of the molecule is CC1CN(C(=O)C2(C)CCCc3ccccc32)CCN1.Cl. The first kappa shape index (κ1) is 16.3. The van der Waals surface area contributed by atoms with Crippen LogP contribution in [0.15, 0.2) is 24.3 Å². The maximum absolute atomic E-state index is 13.1. The van der Waals surface area contributed by atoms with Crippen LogP contribution >= 0.6 is 12.4 Å². The number of halogens is 1. The molecule has 116 valence electrons. The number of piperazine rings is 1. The minimum absolute atomic E-state index is 0. The van der Waals surface area contributed by atoms with Gasteiger partial charge in [0.1, 0.15) is 0 Å². The Hall–Kier alpha value is -1.06. The monoisotopic (exact) mass is 308 g/mol. The summed E-state index contributed by atoms with van der Waals surface area (Å²) in [6, 6.07) is 8.88. The van der Waals surface area contributed by atoms with E-state index in [0.717, 1.165) is 38.9 Å². The number of aryl methyl sites for hydroxylation is 1. The Balaban J connectivity index is 0.00000161. The van der Waals surface area contributed by atoms with E-state index in [1.165, 1.54) is 11.1 Å². The highest BCUT2D eigenvalue weighted by Crippen LogP contribution is 2.38. The van der Waals surface area contributed by atoms with Gasteiger partial charge in [0.05, 0.1) is 5.41 Å². The highest BCUT2D eigenvalue weighted by atomic mass is 35.5. The van der Waals surface area contributed by atoms with E-state index in [4.69, 9.17) is 0 Å². The Kier molecular flexibility index (Phi) is 4.95. The van der Waals surface area contributed by atoms with Crippen LogP contribution in [0, 0.1) is 0 Å². The first-order valence-electron chi connectivity index (χ1n) is 7.72. The van der Waals surface area contributed by atoms with Gasteiger partial charge in [-0.15, -0.1) is 12.4 Å². The molecule has 1 heterocycles. The lowest BCUT2D eigenvalue weighted by atomic mass is 9.70. The first-order chi connectivity index (χ1) is 9.61. The normalized spacial score (nSPS) is 28.5. The van der Waals surface area contributed by atoms with Crippen molar-refractivity contribution in [3.8, 4) is 0 Å². The molecule has 1 aromatic rings. The molecule has 0 radical (unpaired) electrons. The van der Waals surface area contributed by atoms with Gasteiger partial charge in [0, 0.05) is 25.7 Å². The third kappa shape index (κ3) is 2.95. The Morgan fingerprint density at radius 3 is 2.90 bits per heavy atom. The number of hydrogen-bond donors (Lipinski definition) is 1. The molecule has 2 atom stereocenters. The van der Waals surface area contributed by atoms with E-state index in [2.05, 4.69) is 48.3 Å². The van der Waals surface area contributed by atoms with Crippen LogP contribution in [0.1, 0.15) is 37.8 Å². The molecular formula is C17H25ClN2O. The molecule has 4 heteroatoms. The molecule has 3 nitrogen and oxygen atoms in total. The Morgan fingerprint density at radius 2 is 2.14 bits per heavy atom. The number of nitrogens with one attached hydrogen (secondary N) is 1. The molecule has 3 rings (SSSR count). The second-order valence-electron chi connectivity index (χ2n) is 6.45. The number of amides is 1.